The molecular formula is C62H69N3O. The summed E-state index contributed by atoms with van der Waals surface area (Å²) < 4.78 is 20.9. The van der Waals surface area contributed by atoms with Crippen molar-refractivity contribution in [2.45, 2.75) is 131 Å². The number of aromatic nitrogens is 3. The van der Waals surface area contributed by atoms with E-state index in [-0.39, 0.29) is 44.9 Å². The van der Waals surface area contributed by atoms with E-state index in [1.807, 2.05) is 12.1 Å². The Balaban J connectivity index is 1.45. The second-order valence-corrected chi connectivity index (χ2v) is 23.3. The summed E-state index contributed by atoms with van der Waals surface area (Å²) in [5, 5.41) is 12.6. The van der Waals surface area contributed by atoms with E-state index in [9.17, 15) is 6.48 Å². The molecule has 0 saturated carbocycles. The predicted octanol–water partition coefficient (Wildman–Crippen LogP) is 16.9. The molecule has 0 atom stereocenters. The maximum atomic E-state index is 12.6. The fourth-order valence-corrected chi connectivity index (χ4v) is 8.75. The highest BCUT2D eigenvalue weighted by Crippen LogP contribution is 2.46. The lowest BCUT2D eigenvalue weighted by atomic mass is 9.79. The molecule has 0 fully saturated rings. The fourth-order valence-electron chi connectivity index (χ4n) is 8.75. The third-order valence-corrected chi connectivity index (χ3v) is 13.0. The van der Waals surface area contributed by atoms with E-state index in [2.05, 4.69) is 218 Å². The molecule has 8 rings (SSSR count). The number of phenols is 1. The molecule has 0 aliphatic carbocycles. The number of aromatic hydroxyl groups is 1. The average Bonchev–Trinajstić information content (AvgIpc) is 3.64. The van der Waals surface area contributed by atoms with E-state index in [4.69, 9.17) is 11.3 Å². The lowest BCUT2D eigenvalue weighted by molar-refractivity contribution is 0.446. The van der Waals surface area contributed by atoms with Gasteiger partial charge in [-0.25, -0.2) is 4.98 Å². The first-order valence-corrected chi connectivity index (χ1v) is 23.5. The quantitative estimate of drug-likeness (QED) is 0.181. The summed E-state index contributed by atoms with van der Waals surface area (Å²) in [6.45, 7) is 33.0. The van der Waals surface area contributed by atoms with Gasteiger partial charge in [-0.2, -0.15) is 0 Å². The standard InChI is InChI=1S/C62H69N3O/c1-58(2,3)44-26-24-39(25-27-44)41-30-31-63-52(35-41)43-32-42(33-46(34-43)60(7,8)9)48-22-19-23-54-55(48)64-57(50-37-47(61(10,11)12)38-51(56(50)66)62(13,14)15)65(54)53-29-28-45(59(4,5)6)36-49(53)40-20-17-16-18-21-40/h16-38,66H,1-15H3/i30D,35D. The van der Waals surface area contributed by atoms with E-state index < -0.39 is 0 Å². The van der Waals surface area contributed by atoms with E-state index in [1.54, 1.807) is 6.20 Å². The highest BCUT2D eigenvalue weighted by molar-refractivity contribution is 5.98. The van der Waals surface area contributed by atoms with Crippen LogP contribution >= 0.6 is 0 Å². The molecule has 0 bridgehead atoms. The van der Waals surface area contributed by atoms with Crippen molar-refractivity contribution in [1.82, 2.24) is 14.5 Å². The molecule has 4 nitrogen and oxygen atoms in total. The highest BCUT2D eigenvalue weighted by atomic mass is 16.3. The molecule has 338 valence electrons. The number of nitrogens with zero attached hydrogens (tertiary/aromatic N) is 3. The van der Waals surface area contributed by atoms with Crippen LogP contribution in [0.15, 0.2) is 140 Å². The van der Waals surface area contributed by atoms with Gasteiger partial charge in [0.05, 0.1) is 30.7 Å². The van der Waals surface area contributed by atoms with Crippen LogP contribution in [0.2, 0.25) is 0 Å². The molecular weight excluding hydrogens is 803 g/mol. The molecule has 0 spiro atoms. The molecule has 8 aromatic rings. The minimum Gasteiger partial charge on any atom is -0.507 e. The van der Waals surface area contributed by atoms with Crippen LogP contribution in [0.25, 0.3) is 72.7 Å². The summed E-state index contributed by atoms with van der Waals surface area (Å²) in [7, 11) is 0. The van der Waals surface area contributed by atoms with Crippen molar-refractivity contribution in [2.24, 2.45) is 0 Å². The first kappa shape index (κ1) is 43.6. The minimum atomic E-state index is -0.353. The molecule has 0 radical (unpaired) electrons. The van der Waals surface area contributed by atoms with Gasteiger partial charge in [-0.05, 0) is 120 Å². The number of hydrogen-bond acceptors (Lipinski definition) is 3. The number of fused-ring (bicyclic) bond motifs is 1. The van der Waals surface area contributed by atoms with Crippen molar-refractivity contribution in [3.63, 3.8) is 0 Å². The first-order chi connectivity index (χ1) is 31.6. The summed E-state index contributed by atoms with van der Waals surface area (Å²) in [5.74, 6) is 0.877. The molecule has 2 heterocycles. The number of rotatable bonds is 6. The van der Waals surface area contributed by atoms with Crippen molar-refractivity contribution in [3.05, 3.63) is 167 Å². The Labute approximate surface area is 397 Å². The summed E-state index contributed by atoms with van der Waals surface area (Å²) in [6.07, 6.45) is 1.58. The number of hydrogen-bond donors (Lipinski definition) is 1. The number of para-hydroxylation sites is 1. The fraction of sp³-hybridized carbons (Fsp3) is 0.323. The maximum absolute atomic E-state index is 12.6. The Morgan fingerprint density at radius 1 is 0.470 bits per heavy atom. The first-order valence-electron chi connectivity index (χ1n) is 24.5. The van der Waals surface area contributed by atoms with E-state index >= 15 is 0 Å². The van der Waals surface area contributed by atoms with Crippen molar-refractivity contribution in [3.8, 4) is 67.5 Å². The zero-order chi connectivity index (χ0) is 49.5. The Hall–Kier alpha value is -6.26. The second kappa shape index (κ2) is 16.6. The predicted molar refractivity (Wildman–Crippen MR) is 281 cm³/mol. The van der Waals surface area contributed by atoms with Gasteiger partial charge in [-0.1, -0.05) is 189 Å². The normalized spacial score (nSPS) is 13.3. The van der Waals surface area contributed by atoms with Gasteiger partial charge in [-0.3, -0.25) is 9.55 Å². The van der Waals surface area contributed by atoms with Gasteiger partial charge >= 0.3 is 0 Å². The SMILES string of the molecule is [2H]c1cnc(-c2cc(-c3cccc4c3nc(-c3cc(C(C)(C)C)cc(C(C)(C)C)c3O)n4-c3ccc(C(C)(C)C)cc3-c3ccccc3)cc(C(C)(C)C)c2)c([2H])c1-c1ccc(C(C)(C)C)cc1. The van der Waals surface area contributed by atoms with Crippen LogP contribution < -0.4 is 0 Å². The van der Waals surface area contributed by atoms with Gasteiger partial charge in [0.1, 0.15) is 11.6 Å². The number of pyridine rings is 1. The van der Waals surface area contributed by atoms with Crippen LogP contribution in [0.5, 0.6) is 5.75 Å². The average molecular weight is 874 g/mol. The van der Waals surface area contributed by atoms with E-state index in [1.165, 1.54) is 11.1 Å². The molecule has 0 saturated heterocycles. The van der Waals surface area contributed by atoms with Crippen LogP contribution in [-0.4, -0.2) is 19.6 Å². The van der Waals surface area contributed by atoms with E-state index in [0.717, 1.165) is 66.8 Å². The molecule has 4 heteroatoms. The van der Waals surface area contributed by atoms with Crippen molar-refractivity contribution in [2.75, 3.05) is 0 Å². The van der Waals surface area contributed by atoms with Crippen molar-refractivity contribution in [1.29, 1.82) is 0 Å². The third-order valence-electron chi connectivity index (χ3n) is 13.0. The van der Waals surface area contributed by atoms with Crippen LogP contribution in [0.1, 0.15) is 134 Å². The zero-order valence-corrected chi connectivity index (χ0v) is 41.9. The Kier molecular flexibility index (Phi) is 10.9. The van der Waals surface area contributed by atoms with Crippen LogP contribution in [0.3, 0.4) is 0 Å². The van der Waals surface area contributed by atoms with Crippen molar-refractivity contribution < 1.29 is 7.85 Å². The van der Waals surface area contributed by atoms with Crippen LogP contribution in [0, 0.1) is 0 Å². The largest absolute Gasteiger partial charge is 0.507 e. The van der Waals surface area contributed by atoms with Gasteiger partial charge in [0.2, 0.25) is 0 Å². The Bertz CT molecular complexity index is 3200. The molecule has 0 aliphatic heterocycles. The van der Waals surface area contributed by atoms with Crippen LogP contribution in [-0.2, 0) is 27.1 Å². The van der Waals surface area contributed by atoms with Gasteiger partial charge in [0.25, 0.3) is 0 Å². The lowest BCUT2D eigenvalue weighted by Gasteiger charge is -2.28. The number of benzene rings is 6. The summed E-state index contributed by atoms with van der Waals surface area (Å²) in [6, 6.07) is 43.2. The van der Waals surface area contributed by atoms with E-state index in [0.29, 0.717) is 22.6 Å². The molecule has 2 aromatic heterocycles. The highest BCUT2D eigenvalue weighted by Gasteiger charge is 2.30. The lowest BCUT2D eigenvalue weighted by Crippen LogP contribution is -2.17. The topological polar surface area (TPSA) is 50.9 Å². The van der Waals surface area contributed by atoms with Crippen molar-refractivity contribution >= 4 is 11.0 Å². The third kappa shape index (κ3) is 9.12. The summed E-state index contributed by atoms with van der Waals surface area (Å²) in [5.41, 5.74) is 14.6. The summed E-state index contributed by atoms with van der Waals surface area (Å²) >= 11 is 0. The Morgan fingerprint density at radius 3 is 1.68 bits per heavy atom. The Morgan fingerprint density at radius 2 is 1.06 bits per heavy atom. The van der Waals surface area contributed by atoms with Gasteiger partial charge in [-0.15, -0.1) is 0 Å². The minimum absolute atomic E-state index is 0.0218. The molecule has 0 amide bonds. The van der Waals surface area contributed by atoms with Crippen LogP contribution in [0.4, 0.5) is 0 Å². The molecule has 6 aromatic carbocycles. The smallest absolute Gasteiger partial charge is 0.149 e. The van der Waals surface area contributed by atoms with Gasteiger partial charge < -0.3 is 5.11 Å². The summed E-state index contributed by atoms with van der Waals surface area (Å²) in [4.78, 5) is 10.5. The molecule has 66 heavy (non-hydrogen) atoms. The zero-order valence-electron chi connectivity index (χ0n) is 43.9. The molecule has 0 aliphatic rings. The molecule has 1 N–H and O–H groups in total. The number of phenolic OH excluding ortho intramolecular Hbond substituents is 1. The molecule has 0 unspecified atom stereocenters. The number of imidazole rings is 1. The van der Waals surface area contributed by atoms with Gasteiger partial charge in [0, 0.05) is 28.5 Å². The monoisotopic (exact) mass is 874 g/mol. The second-order valence-electron chi connectivity index (χ2n) is 23.3. The maximum Gasteiger partial charge on any atom is 0.149 e. The van der Waals surface area contributed by atoms with Gasteiger partial charge in [0.15, 0.2) is 0 Å².